The largest absolute Gasteiger partial charge is 0.339 e. The van der Waals surface area contributed by atoms with E-state index in [1.807, 2.05) is 42.2 Å². The molecule has 0 spiro atoms. The Morgan fingerprint density at radius 3 is 2.68 bits per heavy atom. The quantitative estimate of drug-likeness (QED) is 0.704. The van der Waals surface area contributed by atoms with Crippen LogP contribution in [-0.4, -0.2) is 33.4 Å². The first-order chi connectivity index (χ1) is 13.6. The van der Waals surface area contributed by atoms with Crippen LogP contribution in [0.1, 0.15) is 24.0 Å². The van der Waals surface area contributed by atoms with Crippen molar-refractivity contribution in [3.63, 3.8) is 0 Å². The highest BCUT2D eigenvalue weighted by Crippen LogP contribution is 2.22. The van der Waals surface area contributed by atoms with Crippen LogP contribution in [-0.2, 0) is 11.3 Å². The number of nitrogens with zero attached hydrogens (tertiary/aromatic N) is 3. The lowest BCUT2D eigenvalue weighted by Gasteiger charge is -2.27. The van der Waals surface area contributed by atoms with Crippen LogP contribution < -0.4 is 5.56 Å². The van der Waals surface area contributed by atoms with E-state index in [9.17, 15) is 9.59 Å². The molecule has 0 radical (unpaired) electrons. The van der Waals surface area contributed by atoms with Gasteiger partial charge in [0.25, 0.3) is 5.56 Å². The van der Waals surface area contributed by atoms with E-state index in [0.717, 1.165) is 17.5 Å². The van der Waals surface area contributed by atoms with Gasteiger partial charge in [-0.05, 0) is 36.1 Å². The van der Waals surface area contributed by atoms with Gasteiger partial charge in [-0.2, -0.15) is 0 Å². The zero-order valence-electron chi connectivity index (χ0n) is 16.0. The highest BCUT2D eigenvalue weighted by Gasteiger charge is 2.18. The lowest BCUT2D eigenvalue weighted by molar-refractivity contribution is -0.131. The number of aromatic nitrogens is 2. The SMILES string of the molecule is Cc1cccc2c(=O)n(CCC(=O)N3CC=C(c4ccccc4)CC3)cnc12. The topological polar surface area (TPSA) is 55.2 Å². The Morgan fingerprint density at radius 1 is 1.11 bits per heavy atom. The second-order valence-electron chi connectivity index (χ2n) is 7.15. The molecule has 1 aliphatic rings. The maximum atomic E-state index is 12.7. The van der Waals surface area contributed by atoms with E-state index in [1.54, 1.807) is 12.4 Å². The zero-order chi connectivity index (χ0) is 19.5. The van der Waals surface area contributed by atoms with E-state index in [1.165, 1.54) is 15.7 Å². The standard InChI is InChI=1S/C23H23N3O2/c1-17-6-5-9-20-22(17)24-16-26(23(20)28)15-12-21(27)25-13-10-19(11-14-25)18-7-3-2-4-8-18/h2-10,16H,11-15H2,1H3. The van der Waals surface area contributed by atoms with E-state index < -0.39 is 0 Å². The van der Waals surface area contributed by atoms with E-state index in [-0.39, 0.29) is 11.5 Å². The molecule has 1 aromatic heterocycles. The number of carbonyl (C=O) groups excluding carboxylic acids is 1. The molecule has 4 rings (SSSR count). The number of amides is 1. The number of hydrogen-bond acceptors (Lipinski definition) is 3. The molecule has 3 aromatic rings. The molecule has 142 valence electrons. The van der Waals surface area contributed by atoms with Gasteiger partial charge >= 0.3 is 0 Å². The molecule has 0 bridgehead atoms. The summed E-state index contributed by atoms with van der Waals surface area (Å²) in [7, 11) is 0. The molecule has 5 heteroatoms. The van der Waals surface area contributed by atoms with Gasteiger partial charge in [0.05, 0.1) is 17.2 Å². The summed E-state index contributed by atoms with van der Waals surface area (Å²) in [5, 5.41) is 0.600. The molecule has 28 heavy (non-hydrogen) atoms. The van der Waals surface area contributed by atoms with Crippen molar-refractivity contribution in [1.82, 2.24) is 14.5 Å². The molecule has 0 atom stereocenters. The second-order valence-corrected chi connectivity index (χ2v) is 7.15. The predicted octanol–water partition coefficient (Wildman–Crippen LogP) is 3.41. The summed E-state index contributed by atoms with van der Waals surface area (Å²) in [6.07, 6.45) is 4.83. The summed E-state index contributed by atoms with van der Waals surface area (Å²) < 4.78 is 1.54. The number of hydrogen-bond donors (Lipinski definition) is 0. The number of rotatable bonds is 4. The third-order valence-corrected chi connectivity index (χ3v) is 5.33. The molecule has 0 N–H and O–H groups in total. The van der Waals surface area contributed by atoms with Crippen LogP contribution in [0.4, 0.5) is 0 Å². The molecular weight excluding hydrogens is 350 g/mol. The minimum absolute atomic E-state index is 0.0691. The molecule has 0 saturated carbocycles. The van der Waals surface area contributed by atoms with Crippen molar-refractivity contribution in [2.24, 2.45) is 0 Å². The Kier molecular flexibility index (Phi) is 5.06. The first kappa shape index (κ1) is 18.2. The Hall–Kier alpha value is -3.21. The van der Waals surface area contributed by atoms with Crippen LogP contribution in [0.5, 0.6) is 0 Å². The Labute approximate surface area is 163 Å². The minimum atomic E-state index is -0.0913. The number of para-hydroxylation sites is 1. The van der Waals surface area contributed by atoms with Crippen molar-refractivity contribution in [1.29, 1.82) is 0 Å². The average molecular weight is 373 g/mol. The summed E-state index contributed by atoms with van der Waals surface area (Å²) in [6.45, 7) is 3.62. The van der Waals surface area contributed by atoms with Gasteiger partial charge < -0.3 is 4.90 Å². The fourth-order valence-electron chi connectivity index (χ4n) is 3.68. The zero-order valence-corrected chi connectivity index (χ0v) is 16.0. The highest BCUT2D eigenvalue weighted by molar-refractivity contribution is 5.80. The van der Waals surface area contributed by atoms with Gasteiger partial charge in [-0.25, -0.2) is 4.98 Å². The molecule has 0 unspecified atom stereocenters. The van der Waals surface area contributed by atoms with Crippen LogP contribution in [0.3, 0.4) is 0 Å². The van der Waals surface area contributed by atoms with E-state index in [0.29, 0.717) is 31.4 Å². The summed E-state index contributed by atoms with van der Waals surface area (Å²) in [5.74, 6) is 0.0691. The molecule has 0 saturated heterocycles. The van der Waals surface area contributed by atoms with Crippen LogP contribution in [0.15, 0.2) is 65.7 Å². The van der Waals surface area contributed by atoms with E-state index in [2.05, 4.69) is 23.2 Å². The summed E-state index contributed by atoms with van der Waals surface area (Å²) in [6, 6.07) is 15.9. The number of benzene rings is 2. The van der Waals surface area contributed by atoms with Gasteiger partial charge in [0.2, 0.25) is 5.91 Å². The molecular formula is C23H23N3O2. The van der Waals surface area contributed by atoms with Gasteiger partial charge in [0, 0.05) is 26.1 Å². The highest BCUT2D eigenvalue weighted by atomic mass is 16.2. The normalized spacial score (nSPS) is 14.2. The monoisotopic (exact) mass is 373 g/mol. The van der Waals surface area contributed by atoms with Gasteiger partial charge in [0.1, 0.15) is 0 Å². The number of fused-ring (bicyclic) bond motifs is 1. The summed E-state index contributed by atoms with van der Waals surface area (Å²) in [5.41, 5.74) is 4.12. The fraction of sp³-hybridized carbons (Fsp3) is 0.261. The van der Waals surface area contributed by atoms with Crippen LogP contribution >= 0.6 is 0 Å². The summed E-state index contributed by atoms with van der Waals surface area (Å²) in [4.78, 5) is 31.5. The first-order valence-corrected chi connectivity index (χ1v) is 9.60. The average Bonchev–Trinajstić information content (AvgIpc) is 2.74. The van der Waals surface area contributed by atoms with Gasteiger partial charge in [-0.3, -0.25) is 14.2 Å². The molecule has 1 amide bonds. The molecule has 5 nitrogen and oxygen atoms in total. The van der Waals surface area contributed by atoms with E-state index >= 15 is 0 Å². The predicted molar refractivity (Wildman–Crippen MR) is 111 cm³/mol. The molecule has 1 aliphatic heterocycles. The van der Waals surface area contributed by atoms with Gasteiger partial charge in [-0.1, -0.05) is 48.5 Å². The molecule has 0 aliphatic carbocycles. The van der Waals surface area contributed by atoms with Crippen LogP contribution in [0.2, 0.25) is 0 Å². The summed E-state index contributed by atoms with van der Waals surface area (Å²) >= 11 is 0. The molecule has 2 heterocycles. The lowest BCUT2D eigenvalue weighted by Crippen LogP contribution is -2.35. The van der Waals surface area contributed by atoms with Crippen molar-refractivity contribution in [2.75, 3.05) is 13.1 Å². The Morgan fingerprint density at radius 2 is 1.93 bits per heavy atom. The maximum Gasteiger partial charge on any atom is 0.261 e. The Bertz CT molecular complexity index is 1100. The smallest absolute Gasteiger partial charge is 0.261 e. The van der Waals surface area contributed by atoms with E-state index in [4.69, 9.17) is 0 Å². The Balaban J connectivity index is 1.42. The van der Waals surface area contributed by atoms with Gasteiger partial charge in [-0.15, -0.1) is 0 Å². The minimum Gasteiger partial charge on any atom is -0.339 e. The van der Waals surface area contributed by atoms with Crippen molar-refractivity contribution in [3.05, 3.63) is 82.4 Å². The third kappa shape index (κ3) is 3.60. The van der Waals surface area contributed by atoms with Crippen LogP contribution in [0, 0.1) is 6.92 Å². The lowest BCUT2D eigenvalue weighted by atomic mass is 9.99. The second kappa shape index (κ2) is 7.80. The fourth-order valence-corrected chi connectivity index (χ4v) is 3.68. The number of carbonyl (C=O) groups is 1. The first-order valence-electron chi connectivity index (χ1n) is 9.60. The van der Waals surface area contributed by atoms with Crippen molar-refractivity contribution < 1.29 is 4.79 Å². The van der Waals surface area contributed by atoms with Crippen LogP contribution in [0.25, 0.3) is 16.5 Å². The van der Waals surface area contributed by atoms with Crippen molar-refractivity contribution >= 4 is 22.4 Å². The van der Waals surface area contributed by atoms with Gasteiger partial charge in [0.15, 0.2) is 0 Å². The molecule has 0 fully saturated rings. The molecule has 2 aromatic carbocycles. The third-order valence-electron chi connectivity index (χ3n) is 5.33. The maximum absolute atomic E-state index is 12.7. The number of aryl methyl sites for hydroxylation is 2. The van der Waals surface area contributed by atoms with Crippen molar-refractivity contribution in [2.45, 2.75) is 26.3 Å². The van der Waals surface area contributed by atoms with Crippen molar-refractivity contribution in [3.8, 4) is 0 Å².